The number of rotatable bonds is 1. The van der Waals surface area contributed by atoms with Crippen LogP contribution in [0.4, 0.5) is 0 Å². The number of phenols is 1. The highest BCUT2D eigenvalue weighted by atomic mass is 16.5. The molecule has 2 aromatic carbocycles. The van der Waals surface area contributed by atoms with Crippen LogP contribution < -0.4 is 9.47 Å². The largest absolute Gasteiger partial charge is 0.507 e. The van der Waals surface area contributed by atoms with Crippen LogP contribution in [0.25, 0.3) is 0 Å². The SMILES string of the molecule is COc1cc(O)c2c(c1)Oc1ccccc1CC2=O. The van der Waals surface area contributed by atoms with Gasteiger partial charge in [-0.25, -0.2) is 0 Å². The Balaban J connectivity index is 2.20. The van der Waals surface area contributed by atoms with Crippen LogP contribution in [0.3, 0.4) is 0 Å². The van der Waals surface area contributed by atoms with Gasteiger partial charge in [-0.05, 0) is 6.07 Å². The fourth-order valence-electron chi connectivity index (χ4n) is 2.18. The minimum absolute atomic E-state index is 0.118. The average Bonchev–Trinajstić information content (AvgIpc) is 2.54. The molecule has 1 N–H and O–H groups in total. The molecule has 0 radical (unpaired) electrons. The van der Waals surface area contributed by atoms with Gasteiger partial charge >= 0.3 is 0 Å². The number of ether oxygens (including phenoxy) is 2. The number of benzene rings is 2. The number of hydrogen-bond donors (Lipinski definition) is 1. The minimum Gasteiger partial charge on any atom is -0.507 e. The molecule has 2 aromatic rings. The number of hydrogen-bond acceptors (Lipinski definition) is 4. The van der Waals surface area contributed by atoms with Crippen molar-refractivity contribution in [1.82, 2.24) is 0 Å². The summed E-state index contributed by atoms with van der Waals surface area (Å²) in [6.45, 7) is 0. The van der Waals surface area contributed by atoms with E-state index in [1.807, 2.05) is 18.2 Å². The smallest absolute Gasteiger partial charge is 0.174 e. The average molecular weight is 256 g/mol. The zero-order valence-electron chi connectivity index (χ0n) is 10.3. The number of Topliss-reactive ketones (excluding diaryl/α,β-unsaturated/α-hetero) is 1. The second-order valence-electron chi connectivity index (χ2n) is 4.33. The summed E-state index contributed by atoms with van der Waals surface area (Å²) in [5.41, 5.74) is 1.01. The molecule has 4 nitrogen and oxygen atoms in total. The lowest BCUT2D eigenvalue weighted by Crippen LogP contribution is -2.02. The van der Waals surface area contributed by atoms with Crippen LogP contribution >= 0.6 is 0 Å². The normalized spacial score (nSPS) is 13.0. The van der Waals surface area contributed by atoms with Crippen molar-refractivity contribution in [3.63, 3.8) is 0 Å². The van der Waals surface area contributed by atoms with Crippen molar-refractivity contribution >= 4 is 5.78 Å². The number of carbonyl (C=O) groups excluding carboxylic acids is 1. The number of methoxy groups -OCH3 is 1. The van der Waals surface area contributed by atoms with Crippen molar-refractivity contribution in [3.05, 3.63) is 47.5 Å². The molecule has 1 aliphatic heterocycles. The van der Waals surface area contributed by atoms with E-state index in [-0.39, 0.29) is 23.5 Å². The van der Waals surface area contributed by atoms with Crippen LogP contribution in [0.2, 0.25) is 0 Å². The molecule has 4 heteroatoms. The molecular formula is C15H12O4. The van der Waals surface area contributed by atoms with E-state index in [0.29, 0.717) is 17.2 Å². The fraction of sp³-hybridized carbons (Fsp3) is 0.133. The molecule has 0 bridgehead atoms. The number of phenolic OH excluding ortho intramolecular Hbond substituents is 1. The van der Waals surface area contributed by atoms with Crippen LogP contribution in [0.15, 0.2) is 36.4 Å². The molecule has 0 atom stereocenters. The lowest BCUT2D eigenvalue weighted by molar-refractivity contribution is 0.0991. The van der Waals surface area contributed by atoms with Crippen molar-refractivity contribution in [3.8, 4) is 23.0 Å². The predicted molar refractivity (Wildman–Crippen MR) is 69.2 cm³/mol. The second-order valence-corrected chi connectivity index (χ2v) is 4.33. The Morgan fingerprint density at radius 2 is 2.00 bits per heavy atom. The third-order valence-electron chi connectivity index (χ3n) is 3.11. The van der Waals surface area contributed by atoms with Gasteiger partial charge in [-0.1, -0.05) is 18.2 Å². The van der Waals surface area contributed by atoms with Gasteiger partial charge in [0.1, 0.15) is 28.6 Å². The van der Waals surface area contributed by atoms with Gasteiger partial charge in [0.15, 0.2) is 5.78 Å². The van der Waals surface area contributed by atoms with Gasteiger partial charge < -0.3 is 14.6 Å². The zero-order valence-corrected chi connectivity index (χ0v) is 10.3. The topological polar surface area (TPSA) is 55.8 Å². The van der Waals surface area contributed by atoms with Crippen LogP contribution in [-0.4, -0.2) is 18.0 Å². The molecule has 0 fully saturated rings. The number of carbonyl (C=O) groups is 1. The van der Waals surface area contributed by atoms with E-state index < -0.39 is 0 Å². The van der Waals surface area contributed by atoms with E-state index in [1.165, 1.54) is 13.2 Å². The Morgan fingerprint density at radius 3 is 2.79 bits per heavy atom. The molecule has 0 amide bonds. The summed E-state index contributed by atoms with van der Waals surface area (Å²) in [4.78, 5) is 12.2. The van der Waals surface area contributed by atoms with E-state index >= 15 is 0 Å². The minimum atomic E-state index is -0.167. The Bertz CT molecular complexity index is 661. The summed E-state index contributed by atoms with van der Waals surface area (Å²) in [7, 11) is 1.49. The van der Waals surface area contributed by atoms with Gasteiger partial charge in [0, 0.05) is 24.1 Å². The Morgan fingerprint density at radius 1 is 1.21 bits per heavy atom. The molecule has 3 rings (SSSR count). The number of aromatic hydroxyl groups is 1. The van der Waals surface area contributed by atoms with Gasteiger partial charge in [-0.15, -0.1) is 0 Å². The molecular weight excluding hydrogens is 244 g/mol. The monoisotopic (exact) mass is 256 g/mol. The van der Waals surface area contributed by atoms with Gasteiger partial charge in [0.2, 0.25) is 0 Å². The Labute approximate surface area is 110 Å². The number of fused-ring (bicyclic) bond motifs is 2. The number of ketones is 1. The first kappa shape index (κ1) is 11.6. The van der Waals surface area contributed by atoms with Gasteiger partial charge in [-0.2, -0.15) is 0 Å². The summed E-state index contributed by atoms with van der Waals surface area (Å²) in [5.74, 6) is 1.12. The molecule has 0 spiro atoms. The van der Waals surface area contributed by atoms with Crippen molar-refractivity contribution in [2.24, 2.45) is 0 Å². The molecule has 1 heterocycles. The van der Waals surface area contributed by atoms with Crippen molar-refractivity contribution in [1.29, 1.82) is 0 Å². The Hall–Kier alpha value is -2.49. The highest BCUT2D eigenvalue weighted by molar-refractivity contribution is 6.03. The summed E-state index contributed by atoms with van der Waals surface area (Å²) >= 11 is 0. The zero-order chi connectivity index (χ0) is 13.4. The highest BCUT2D eigenvalue weighted by Crippen LogP contribution is 2.40. The predicted octanol–water partition coefficient (Wildman–Crippen LogP) is 2.93. The van der Waals surface area contributed by atoms with Crippen LogP contribution in [0.1, 0.15) is 15.9 Å². The maximum absolute atomic E-state index is 12.2. The molecule has 96 valence electrons. The Kier molecular flexibility index (Phi) is 2.63. The summed E-state index contributed by atoms with van der Waals surface area (Å²) < 4.78 is 10.8. The third-order valence-corrected chi connectivity index (χ3v) is 3.11. The fourth-order valence-corrected chi connectivity index (χ4v) is 2.18. The molecule has 0 aliphatic carbocycles. The van der Waals surface area contributed by atoms with Crippen LogP contribution in [-0.2, 0) is 6.42 Å². The first-order valence-corrected chi connectivity index (χ1v) is 5.89. The quantitative estimate of drug-likeness (QED) is 0.852. The van der Waals surface area contributed by atoms with Crippen molar-refractivity contribution in [2.45, 2.75) is 6.42 Å². The van der Waals surface area contributed by atoms with Crippen LogP contribution in [0.5, 0.6) is 23.0 Å². The van der Waals surface area contributed by atoms with Gasteiger partial charge in [0.05, 0.1) is 7.11 Å². The third kappa shape index (κ3) is 1.91. The van der Waals surface area contributed by atoms with E-state index in [0.717, 1.165) is 5.56 Å². The summed E-state index contributed by atoms with van der Waals surface area (Å²) in [6.07, 6.45) is 0.211. The molecule has 1 aliphatic rings. The van der Waals surface area contributed by atoms with Gasteiger partial charge in [0.25, 0.3) is 0 Å². The standard InChI is InChI=1S/C15H12O4/c1-18-10-7-12(17)15-11(16)6-9-4-2-3-5-13(9)19-14(15)8-10/h2-5,7-8,17H,6H2,1H3. The van der Waals surface area contributed by atoms with Gasteiger partial charge in [-0.3, -0.25) is 4.79 Å². The van der Waals surface area contributed by atoms with E-state index in [2.05, 4.69) is 0 Å². The summed E-state index contributed by atoms with van der Waals surface area (Å²) in [6, 6.07) is 10.4. The maximum Gasteiger partial charge on any atom is 0.174 e. The molecule has 19 heavy (non-hydrogen) atoms. The molecule has 0 aromatic heterocycles. The highest BCUT2D eigenvalue weighted by Gasteiger charge is 2.25. The number of para-hydroxylation sites is 1. The second kappa shape index (κ2) is 4.31. The van der Waals surface area contributed by atoms with Crippen LogP contribution in [0, 0.1) is 0 Å². The van der Waals surface area contributed by atoms with E-state index in [1.54, 1.807) is 12.1 Å². The van der Waals surface area contributed by atoms with Crippen molar-refractivity contribution < 1.29 is 19.4 Å². The maximum atomic E-state index is 12.2. The molecule has 0 unspecified atom stereocenters. The van der Waals surface area contributed by atoms with E-state index in [9.17, 15) is 9.90 Å². The lowest BCUT2D eigenvalue weighted by Gasteiger charge is -2.10. The first-order chi connectivity index (χ1) is 9.19. The van der Waals surface area contributed by atoms with Crippen molar-refractivity contribution in [2.75, 3.05) is 7.11 Å². The van der Waals surface area contributed by atoms with E-state index in [4.69, 9.17) is 9.47 Å². The first-order valence-electron chi connectivity index (χ1n) is 5.89. The summed E-state index contributed by atoms with van der Waals surface area (Å²) in [5, 5.41) is 9.96. The lowest BCUT2D eigenvalue weighted by atomic mass is 10.0. The molecule has 0 saturated carbocycles. The molecule has 0 saturated heterocycles.